The van der Waals surface area contributed by atoms with Crippen LogP contribution in [0.2, 0.25) is 0 Å². The molecule has 0 aromatic heterocycles. The third kappa shape index (κ3) is 3.88. The molecule has 0 aromatic carbocycles. The zero-order valence-corrected chi connectivity index (χ0v) is 23.5. The molecule has 210 valence electrons. The molecule has 6 saturated heterocycles. The minimum absolute atomic E-state index is 0.0939. The Balaban J connectivity index is 1.42. The van der Waals surface area contributed by atoms with E-state index in [4.69, 9.17) is 0 Å². The van der Waals surface area contributed by atoms with E-state index in [1.165, 1.54) is 70.6 Å². The van der Waals surface area contributed by atoms with Crippen molar-refractivity contribution in [2.75, 3.05) is 52.4 Å². The van der Waals surface area contributed by atoms with Gasteiger partial charge in [0.25, 0.3) is 0 Å². The molecule has 0 aromatic rings. The molecule has 6 aliphatic rings. The van der Waals surface area contributed by atoms with Crippen LogP contribution >= 0.6 is 0 Å². The maximum Gasteiger partial charge on any atom is 0.220 e. The molecule has 7 unspecified atom stereocenters. The van der Waals surface area contributed by atoms with Crippen molar-refractivity contribution >= 4 is 5.91 Å². The van der Waals surface area contributed by atoms with Crippen molar-refractivity contribution in [2.24, 2.45) is 22.7 Å². The normalized spacial score (nSPS) is 45.3. The monoisotopic (exact) mass is 514 g/mol. The van der Waals surface area contributed by atoms with Gasteiger partial charge in [-0.2, -0.15) is 0 Å². The van der Waals surface area contributed by atoms with E-state index in [0.717, 1.165) is 58.8 Å². The van der Waals surface area contributed by atoms with Crippen LogP contribution in [0.1, 0.15) is 90.4 Å². The van der Waals surface area contributed by atoms with E-state index in [2.05, 4.69) is 38.8 Å². The van der Waals surface area contributed by atoms with E-state index >= 15 is 0 Å². The highest BCUT2D eigenvalue weighted by atomic mass is 16.1. The summed E-state index contributed by atoms with van der Waals surface area (Å²) in [5.74, 6) is 1.51. The maximum absolute atomic E-state index is 13.3. The van der Waals surface area contributed by atoms with Crippen molar-refractivity contribution in [3.8, 4) is 0 Å². The van der Waals surface area contributed by atoms with E-state index < -0.39 is 0 Å². The van der Waals surface area contributed by atoms with Gasteiger partial charge in [-0.15, -0.1) is 0 Å². The number of carbonyl (C=O) groups excluding carboxylic acids is 1. The van der Waals surface area contributed by atoms with Crippen LogP contribution < -0.4 is 31.9 Å². The standard InChI is InChI=1S/C30H54N6O/c1-2-3-4-5-6-7-8-13-30(29-22-33-19-24(29)9-10-26(37)36-29)28(14-17-34-25(28)12-16-35-30)27-20-31-15-11-23(27)18-32-21-27/h23-25,31-35H,2-22H2,1H3,(H,36,37). The minimum Gasteiger partial charge on any atom is -0.347 e. The van der Waals surface area contributed by atoms with Crippen LogP contribution in [0, 0.1) is 22.7 Å². The Morgan fingerprint density at radius 3 is 2.49 bits per heavy atom. The molecular formula is C30H54N6O. The van der Waals surface area contributed by atoms with Crippen LogP contribution in [-0.4, -0.2) is 75.4 Å². The van der Waals surface area contributed by atoms with Gasteiger partial charge in [0, 0.05) is 49.5 Å². The van der Waals surface area contributed by atoms with Crippen molar-refractivity contribution < 1.29 is 4.79 Å². The largest absolute Gasteiger partial charge is 0.347 e. The summed E-state index contributed by atoms with van der Waals surface area (Å²) < 4.78 is 0. The third-order valence-electron chi connectivity index (χ3n) is 12.2. The average Bonchev–Trinajstić information content (AvgIpc) is 3.65. The van der Waals surface area contributed by atoms with Crippen LogP contribution in [0.25, 0.3) is 0 Å². The second-order valence-electron chi connectivity index (χ2n) is 13.6. The minimum atomic E-state index is -0.200. The first kappa shape index (κ1) is 26.5. The molecule has 1 amide bonds. The predicted molar refractivity (Wildman–Crippen MR) is 150 cm³/mol. The number of fused-ring (bicyclic) bond motifs is 4. The smallest absolute Gasteiger partial charge is 0.220 e. The van der Waals surface area contributed by atoms with Crippen molar-refractivity contribution in [3.05, 3.63) is 0 Å². The Morgan fingerprint density at radius 1 is 0.811 bits per heavy atom. The summed E-state index contributed by atoms with van der Waals surface area (Å²) in [6, 6.07) is 0.523. The molecule has 0 spiro atoms. The fourth-order valence-electron chi connectivity index (χ4n) is 10.8. The third-order valence-corrected chi connectivity index (χ3v) is 12.2. The molecule has 0 aliphatic carbocycles. The lowest BCUT2D eigenvalue weighted by atomic mass is 9.40. The summed E-state index contributed by atoms with van der Waals surface area (Å²) in [7, 11) is 0. The van der Waals surface area contributed by atoms with Gasteiger partial charge in [-0.25, -0.2) is 0 Å². The van der Waals surface area contributed by atoms with Crippen LogP contribution in [-0.2, 0) is 4.79 Å². The van der Waals surface area contributed by atoms with E-state index in [1.54, 1.807) is 0 Å². The highest BCUT2D eigenvalue weighted by Gasteiger charge is 2.77. The highest BCUT2D eigenvalue weighted by Crippen LogP contribution is 2.66. The lowest BCUT2D eigenvalue weighted by molar-refractivity contribution is -0.163. The molecule has 7 atom stereocenters. The van der Waals surface area contributed by atoms with Gasteiger partial charge in [-0.3, -0.25) is 4.79 Å². The topological polar surface area (TPSA) is 89.2 Å². The molecule has 7 heteroatoms. The Morgan fingerprint density at radius 2 is 1.59 bits per heavy atom. The summed E-state index contributed by atoms with van der Waals surface area (Å²) in [5, 5.41) is 23.9. The number of piperidine rings is 3. The van der Waals surface area contributed by atoms with Crippen LogP contribution in [0.15, 0.2) is 0 Å². The van der Waals surface area contributed by atoms with Gasteiger partial charge in [0.15, 0.2) is 0 Å². The quantitative estimate of drug-likeness (QED) is 0.251. The van der Waals surface area contributed by atoms with E-state index in [-0.39, 0.29) is 27.8 Å². The number of rotatable bonds is 10. The van der Waals surface area contributed by atoms with Gasteiger partial charge in [-0.05, 0) is 70.1 Å². The molecule has 37 heavy (non-hydrogen) atoms. The van der Waals surface area contributed by atoms with Gasteiger partial charge in [0.1, 0.15) is 0 Å². The van der Waals surface area contributed by atoms with E-state index in [1.807, 2.05) is 0 Å². The van der Waals surface area contributed by atoms with Gasteiger partial charge >= 0.3 is 0 Å². The number of hydrogen-bond donors (Lipinski definition) is 6. The molecule has 7 nitrogen and oxygen atoms in total. The Bertz CT molecular complexity index is 824. The lowest BCUT2D eigenvalue weighted by Gasteiger charge is -2.71. The molecule has 6 heterocycles. The van der Waals surface area contributed by atoms with Gasteiger partial charge in [0.05, 0.1) is 11.1 Å². The number of unbranched alkanes of at least 4 members (excludes halogenated alkanes) is 6. The second-order valence-corrected chi connectivity index (χ2v) is 13.6. The lowest BCUT2D eigenvalue weighted by Crippen LogP contribution is -2.87. The van der Waals surface area contributed by atoms with E-state index in [9.17, 15) is 4.79 Å². The molecule has 6 aliphatic heterocycles. The van der Waals surface area contributed by atoms with Crippen molar-refractivity contribution in [3.63, 3.8) is 0 Å². The average molecular weight is 515 g/mol. The number of amides is 1. The SMILES string of the molecule is CCCCCCCCCC1(C23CNCC2CCC(=O)N3)NCCC2NCCC21C12CNCCC1CNC2. The fraction of sp³-hybridized carbons (Fsp3) is 0.967. The molecule has 0 bridgehead atoms. The zero-order valence-electron chi connectivity index (χ0n) is 23.5. The molecule has 0 radical (unpaired) electrons. The molecular weight excluding hydrogens is 460 g/mol. The maximum atomic E-state index is 13.3. The summed E-state index contributed by atoms with van der Waals surface area (Å²) in [6.07, 6.45) is 16.0. The predicted octanol–water partition coefficient (Wildman–Crippen LogP) is 2.27. The van der Waals surface area contributed by atoms with Gasteiger partial charge < -0.3 is 31.9 Å². The zero-order chi connectivity index (χ0) is 25.4. The van der Waals surface area contributed by atoms with Crippen molar-refractivity contribution in [1.29, 1.82) is 0 Å². The molecule has 6 rings (SSSR count). The highest BCUT2D eigenvalue weighted by molar-refractivity contribution is 5.78. The van der Waals surface area contributed by atoms with Crippen LogP contribution in [0.5, 0.6) is 0 Å². The Labute approximate surface area is 225 Å². The van der Waals surface area contributed by atoms with Crippen LogP contribution in [0.3, 0.4) is 0 Å². The summed E-state index contributed by atoms with van der Waals surface area (Å²) >= 11 is 0. The van der Waals surface area contributed by atoms with Gasteiger partial charge in [-0.1, -0.05) is 51.9 Å². The Hall–Kier alpha value is -0.730. The molecule has 6 N–H and O–H groups in total. The van der Waals surface area contributed by atoms with Crippen molar-refractivity contribution in [2.45, 2.75) is 108 Å². The second kappa shape index (κ2) is 10.7. The first-order valence-corrected chi connectivity index (χ1v) is 16.1. The number of carbonyl (C=O) groups is 1. The van der Waals surface area contributed by atoms with E-state index in [0.29, 0.717) is 24.3 Å². The summed E-state index contributed by atoms with van der Waals surface area (Å²) in [4.78, 5) is 13.3. The summed E-state index contributed by atoms with van der Waals surface area (Å²) in [5.41, 5.74) is 0.0485. The Kier molecular flexibility index (Phi) is 7.65. The fourth-order valence-corrected chi connectivity index (χ4v) is 10.8. The molecule has 0 saturated carbocycles. The molecule has 6 fully saturated rings. The number of nitrogens with one attached hydrogen (secondary N) is 6. The first-order chi connectivity index (χ1) is 18.1. The van der Waals surface area contributed by atoms with Crippen LogP contribution in [0.4, 0.5) is 0 Å². The van der Waals surface area contributed by atoms with Gasteiger partial charge in [0.2, 0.25) is 5.91 Å². The number of hydrogen-bond acceptors (Lipinski definition) is 6. The van der Waals surface area contributed by atoms with Crippen molar-refractivity contribution in [1.82, 2.24) is 31.9 Å². The first-order valence-electron chi connectivity index (χ1n) is 16.1. The summed E-state index contributed by atoms with van der Waals surface area (Å²) in [6.45, 7) is 11.0.